The smallest absolute Gasteiger partial charge is 0.303 e. The summed E-state index contributed by atoms with van der Waals surface area (Å²) in [5, 5.41) is 8.81. The molecule has 0 spiro atoms. The summed E-state index contributed by atoms with van der Waals surface area (Å²) in [4.78, 5) is 10.7. The van der Waals surface area contributed by atoms with Crippen LogP contribution in [0.3, 0.4) is 0 Å². The molecule has 0 aromatic heterocycles. The zero-order valence-electron chi connectivity index (χ0n) is 9.49. The summed E-state index contributed by atoms with van der Waals surface area (Å²) in [6, 6.07) is 0.0241. The zero-order valence-corrected chi connectivity index (χ0v) is 9.49. The van der Waals surface area contributed by atoms with Crippen LogP contribution in [-0.2, 0) is 4.79 Å². The maximum atomic E-state index is 10.7. The van der Waals surface area contributed by atoms with Gasteiger partial charge in [-0.2, -0.15) is 0 Å². The van der Waals surface area contributed by atoms with E-state index in [0.29, 0.717) is 5.92 Å². The third-order valence-corrected chi connectivity index (χ3v) is 3.09. The first-order chi connectivity index (χ1) is 6.56. The Morgan fingerprint density at radius 1 is 1.21 bits per heavy atom. The molecule has 0 rings (SSSR count). The van der Waals surface area contributed by atoms with Crippen molar-refractivity contribution in [3.8, 4) is 0 Å². The summed E-state index contributed by atoms with van der Waals surface area (Å²) in [5.74, 6) is -0.153. The van der Waals surface area contributed by atoms with E-state index in [-0.39, 0.29) is 18.4 Å². The molecule has 0 aliphatic carbocycles. The van der Waals surface area contributed by atoms with Crippen LogP contribution in [0.2, 0.25) is 0 Å². The van der Waals surface area contributed by atoms with Gasteiger partial charge in [0.2, 0.25) is 0 Å². The lowest BCUT2D eigenvalue weighted by Gasteiger charge is -2.28. The first-order valence-corrected chi connectivity index (χ1v) is 5.54. The Labute approximate surface area is 86.7 Å². The van der Waals surface area contributed by atoms with Crippen LogP contribution in [0.4, 0.5) is 0 Å². The van der Waals surface area contributed by atoms with Crippen molar-refractivity contribution in [1.29, 1.82) is 0 Å². The van der Waals surface area contributed by atoms with Gasteiger partial charge in [0.1, 0.15) is 0 Å². The molecule has 2 unspecified atom stereocenters. The van der Waals surface area contributed by atoms with Crippen molar-refractivity contribution in [2.75, 3.05) is 0 Å². The number of carboxylic acids is 1. The minimum atomic E-state index is -0.731. The Morgan fingerprint density at radius 2 is 1.71 bits per heavy atom. The highest BCUT2D eigenvalue weighted by atomic mass is 16.4. The van der Waals surface area contributed by atoms with Gasteiger partial charge in [-0.25, -0.2) is 0 Å². The number of aliphatic carboxylic acids is 1. The topological polar surface area (TPSA) is 63.3 Å². The lowest BCUT2D eigenvalue weighted by Crippen LogP contribution is -2.36. The largest absolute Gasteiger partial charge is 0.481 e. The number of hydrogen-bond acceptors (Lipinski definition) is 2. The van der Waals surface area contributed by atoms with Crippen molar-refractivity contribution in [2.45, 2.75) is 52.5 Å². The molecule has 0 heterocycles. The first kappa shape index (κ1) is 13.4. The van der Waals surface area contributed by atoms with Crippen LogP contribution < -0.4 is 5.73 Å². The van der Waals surface area contributed by atoms with Gasteiger partial charge in [-0.15, -0.1) is 0 Å². The average molecular weight is 201 g/mol. The van der Waals surface area contributed by atoms with E-state index in [1.807, 2.05) is 6.92 Å². The number of hydrogen-bond donors (Lipinski definition) is 2. The lowest BCUT2D eigenvalue weighted by atomic mass is 9.80. The summed E-state index contributed by atoms with van der Waals surface area (Å²) in [6.45, 7) is 6.22. The molecule has 0 bridgehead atoms. The SMILES string of the molecule is CCC(N)C(CC(=O)O)C(CC)CC. The molecule has 0 radical (unpaired) electrons. The second kappa shape index (κ2) is 6.82. The highest BCUT2D eigenvalue weighted by molar-refractivity contribution is 5.67. The van der Waals surface area contributed by atoms with Gasteiger partial charge in [-0.1, -0.05) is 33.6 Å². The van der Waals surface area contributed by atoms with Crippen molar-refractivity contribution in [3.63, 3.8) is 0 Å². The number of nitrogens with two attached hydrogens (primary N) is 1. The van der Waals surface area contributed by atoms with Crippen molar-refractivity contribution in [2.24, 2.45) is 17.6 Å². The maximum Gasteiger partial charge on any atom is 0.303 e. The summed E-state index contributed by atoms with van der Waals surface area (Å²) >= 11 is 0. The second-order valence-corrected chi connectivity index (χ2v) is 3.91. The van der Waals surface area contributed by atoms with Crippen LogP contribution in [-0.4, -0.2) is 17.1 Å². The Morgan fingerprint density at radius 3 is 2.00 bits per heavy atom. The molecule has 0 saturated heterocycles. The van der Waals surface area contributed by atoms with E-state index < -0.39 is 5.97 Å². The zero-order chi connectivity index (χ0) is 11.1. The fourth-order valence-corrected chi connectivity index (χ4v) is 2.07. The van der Waals surface area contributed by atoms with Crippen LogP contribution >= 0.6 is 0 Å². The summed E-state index contributed by atoms with van der Waals surface area (Å²) in [7, 11) is 0. The molecule has 2 atom stereocenters. The molecule has 3 nitrogen and oxygen atoms in total. The highest BCUT2D eigenvalue weighted by Crippen LogP contribution is 2.26. The van der Waals surface area contributed by atoms with Crippen molar-refractivity contribution < 1.29 is 9.90 Å². The molecule has 0 aromatic rings. The van der Waals surface area contributed by atoms with E-state index in [4.69, 9.17) is 10.8 Å². The normalized spacial score (nSPS) is 15.5. The Kier molecular flexibility index (Phi) is 6.54. The van der Waals surface area contributed by atoms with Gasteiger partial charge in [0, 0.05) is 12.5 Å². The van der Waals surface area contributed by atoms with E-state index >= 15 is 0 Å². The quantitative estimate of drug-likeness (QED) is 0.664. The minimum Gasteiger partial charge on any atom is -0.481 e. The molecule has 14 heavy (non-hydrogen) atoms. The Balaban J connectivity index is 4.42. The number of carbonyl (C=O) groups is 1. The highest BCUT2D eigenvalue weighted by Gasteiger charge is 2.26. The molecule has 0 fully saturated rings. The molecule has 0 aliphatic heterocycles. The van der Waals surface area contributed by atoms with E-state index in [9.17, 15) is 4.79 Å². The van der Waals surface area contributed by atoms with E-state index in [2.05, 4.69) is 13.8 Å². The van der Waals surface area contributed by atoms with Crippen LogP contribution in [0.15, 0.2) is 0 Å². The van der Waals surface area contributed by atoms with Crippen LogP contribution in [0, 0.1) is 11.8 Å². The fourth-order valence-electron chi connectivity index (χ4n) is 2.07. The molecule has 0 amide bonds. The molecule has 3 N–H and O–H groups in total. The van der Waals surface area contributed by atoms with Gasteiger partial charge in [-0.3, -0.25) is 4.79 Å². The summed E-state index contributed by atoms with van der Waals surface area (Å²) in [5.41, 5.74) is 5.95. The average Bonchev–Trinajstić information content (AvgIpc) is 2.16. The van der Waals surface area contributed by atoms with Crippen molar-refractivity contribution >= 4 is 5.97 Å². The second-order valence-electron chi connectivity index (χ2n) is 3.91. The predicted molar refractivity (Wildman–Crippen MR) is 58.1 cm³/mol. The van der Waals surface area contributed by atoms with Gasteiger partial charge >= 0.3 is 5.97 Å². The molecular formula is C11H23NO2. The monoisotopic (exact) mass is 201 g/mol. The van der Waals surface area contributed by atoms with Gasteiger partial charge in [0.25, 0.3) is 0 Å². The minimum absolute atomic E-state index is 0.0241. The maximum absolute atomic E-state index is 10.7. The standard InChI is InChI=1S/C11H23NO2/c1-4-8(5-2)9(7-11(13)14)10(12)6-3/h8-10H,4-7,12H2,1-3H3,(H,13,14). The molecule has 0 aliphatic rings. The van der Waals surface area contributed by atoms with Gasteiger partial charge < -0.3 is 10.8 Å². The van der Waals surface area contributed by atoms with Gasteiger partial charge in [0.15, 0.2) is 0 Å². The molecule has 84 valence electrons. The molecule has 0 aromatic carbocycles. The van der Waals surface area contributed by atoms with Gasteiger partial charge in [0.05, 0.1) is 0 Å². The molecule has 3 heteroatoms. The van der Waals surface area contributed by atoms with E-state index in [0.717, 1.165) is 19.3 Å². The Hall–Kier alpha value is -0.570. The fraction of sp³-hybridized carbons (Fsp3) is 0.909. The van der Waals surface area contributed by atoms with Crippen LogP contribution in [0.1, 0.15) is 46.5 Å². The third-order valence-electron chi connectivity index (χ3n) is 3.09. The molecule has 0 saturated carbocycles. The van der Waals surface area contributed by atoms with E-state index in [1.165, 1.54) is 0 Å². The lowest BCUT2D eigenvalue weighted by molar-refractivity contribution is -0.138. The number of carboxylic acid groups (broad SMARTS) is 1. The van der Waals surface area contributed by atoms with Crippen molar-refractivity contribution in [1.82, 2.24) is 0 Å². The Bertz CT molecular complexity index is 167. The van der Waals surface area contributed by atoms with Crippen LogP contribution in [0.5, 0.6) is 0 Å². The van der Waals surface area contributed by atoms with Crippen molar-refractivity contribution in [3.05, 3.63) is 0 Å². The third kappa shape index (κ3) is 4.09. The number of rotatable bonds is 7. The van der Waals surface area contributed by atoms with E-state index in [1.54, 1.807) is 0 Å². The molecular weight excluding hydrogens is 178 g/mol. The predicted octanol–water partition coefficient (Wildman–Crippen LogP) is 2.25. The van der Waals surface area contributed by atoms with Gasteiger partial charge in [-0.05, 0) is 18.3 Å². The summed E-state index contributed by atoms with van der Waals surface area (Å²) in [6.07, 6.45) is 3.10. The first-order valence-electron chi connectivity index (χ1n) is 5.54. The van der Waals surface area contributed by atoms with Crippen LogP contribution in [0.25, 0.3) is 0 Å². The summed E-state index contributed by atoms with van der Waals surface area (Å²) < 4.78 is 0.